The van der Waals surface area contributed by atoms with Crippen LogP contribution in [0.25, 0.3) is 0 Å². The summed E-state index contributed by atoms with van der Waals surface area (Å²) >= 11 is 0. The number of carbonyl (C=O) groups excluding carboxylic acids is 1. The third kappa shape index (κ3) is 5.66. The first-order valence-corrected chi connectivity index (χ1v) is 11.4. The van der Waals surface area contributed by atoms with E-state index in [1.54, 1.807) is 23.4 Å². The van der Waals surface area contributed by atoms with Crippen molar-refractivity contribution in [3.05, 3.63) is 108 Å². The van der Waals surface area contributed by atoms with Crippen LogP contribution < -0.4 is 4.72 Å². The maximum Gasteiger partial charge on any atom is 0.254 e. The molecule has 1 amide bonds. The zero-order valence-electron chi connectivity index (χ0n) is 17.7. The summed E-state index contributed by atoms with van der Waals surface area (Å²) < 4.78 is 41.5. The number of amides is 1. The predicted octanol–water partition coefficient (Wildman–Crippen LogP) is 3.84. The van der Waals surface area contributed by atoms with E-state index in [0.29, 0.717) is 6.54 Å². The molecule has 8 heteroatoms. The van der Waals surface area contributed by atoms with E-state index in [-0.39, 0.29) is 18.7 Å². The number of hydrogen-bond donors (Lipinski definition) is 1. The number of carbonyl (C=O) groups is 1. The number of aromatic nitrogens is 1. The lowest BCUT2D eigenvalue weighted by atomic mass is 10.1. The van der Waals surface area contributed by atoms with E-state index in [1.807, 2.05) is 37.3 Å². The monoisotopic (exact) mass is 453 g/mol. The van der Waals surface area contributed by atoms with Gasteiger partial charge >= 0.3 is 0 Å². The molecule has 0 spiro atoms. The molecule has 0 unspecified atom stereocenters. The summed E-state index contributed by atoms with van der Waals surface area (Å²) in [6.07, 6.45) is 4.66. The third-order valence-corrected chi connectivity index (χ3v) is 6.33. The molecule has 1 aromatic heterocycles. The molecule has 0 radical (unpaired) electrons. The Balaban J connectivity index is 1.97. The minimum absolute atomic E-state index is 0.0552. The van der Waals surface area contributed by atoms with Gasteiger partial charge in [-0.05, 0) is 47.9 Å². The van der Waals surface area contributed by atoms with Crippen molar-refractivity contribution in [3.63, 3.8) is 0 Å². The topological polar surface area (TPSA) is 79.4 Å². The molecule has 3 rings (SSSR count). The van der Waals surface area contributed by atoms with Crippen LogP contribution in [0.2, 0.25) is 0 Å². The van der Waals surface area contributed by atoms with Crippen molar-refractivity contribution >= 4 is 15.9 Å². The Morgan fingerprint density at radius 3 is 2.62 bits per heavy atom. The van der Waals surface area contributed by atoms with Crippen molar-refractivity contribution in [2.24, 2.45) is 0 Å². The summed E-state index contributed by atoms with van der Waals surface area (Å²) in [7, 11) is -4.14. The first-order valence-electron chi connectivity index (χ1n) is 9.94. The maximum atomic E-state index is 14.3. The smallest absolute Gasteiger partial charge is 0.254 e. The van der Waals surface area contributed by atoms with Gasteiger partial charge in [-0.2, -0.15) is 0 Å². The molecule has 0 aliphatic carbocycles. The van der Waals surface area contributed by atoms with Crippen molar-refractivity contribution in [2.45, 2.75) is 24.9 Å². The molecule has 6 nitrogen and oxygen atoms in total. The summed E-state index contributed by atoms with van der Waals surface area (Å²) in [6, 6.07) is 14.7. The second-order valence-electron chi connectivity index (χ2n) is 7.23. The zero-order valence-corrected chi connectivity index (χ0v) is 18.5. The van der Waals surface area contributed by atoms with Crippen molar-refractivity contribution in [3.8, 4) is 0 Å². The van der Waals surface area contributed by atoms with Crippen molar-refractivity contribution in [1.82, 2.24) is 14.6 Å². The average molecular weight is 454 g/mol. The number of nitrogens with one attached hydrogen (secondary N) is 1. The number of nitrogens with zero attached hydrogens (tertiary/aromatic N) is 2. The van der Waals surface area contributed by atoms with Gasteiger partial charge in [-0.15, -0.1) is 6.58 Å². The van der Waals surface area contributed by atoms with Gasteiger partial charge in [0.1, 0.15) is 10.7 Å². The fraction of sp³-hybridized carbons (Fsp3) is 0.167. The van der Waals surface area contributed by atoms with Gasteiger partial charge < -0.3 is 4.90 Å². The number of hydrogen-bond acceptors (Lipinski definition) is 4. The normalized spacial score (nSPS) is 11.2. The summed E-state index contributed by atoms with van der Waals surface area (Å²) in [6.45, 7) is 5.91. The minimum Gasteiger partial charge on any atom is -0.330 e. The molecule has 0 aliphatic heterocycles. The number of sulfonamides is 1. The molecule has 0 saturated carbocycles. The van der Waals surface area contributed by atoms with Crippen LogP contribution in [-0.2, 0) is 23.1 Å². The number of pyridine rings is 1. The maximum absolute atomic E-state index is 14.3. The first-order chi connectivity index (χ1) is 15.3. The summed E-state index contributed by atoms with van der Waals surface area (Å²) in [4.78, 5) is 18.5. The van der Waals surface area contributed by atoms with Crippen LogP contribution in [0.3, 0.4) is 0 Å². The molecule has 32 heavy (non-hydrogen) atoms. The van der Waals surface area contributed by atoms with Crippen LogP contribution in [0, 0.1) is 12.7 Å². The van der Waals surface area contributed by atoms with Crippen molar-refractivity contribution in [2.75, 3.05) is 6.54 Å². The lowest BCUT2D eigenvalue weighted by Crippen LogP contribution is -2.31. The highest BCUT2D eigenvalue weighted by Crippen LogP contribution is 2.20. The quantitative estimate of drug-likeness (QED) is 0.500. The minimum atomic E-state index is -4.14. The molecule has 2 aromatic carbocycles. The average Bonchev–Trinajstić information content (AvgIpc) is 2.79. The summed E-state index contributed by atoms with van der Waals surface area (Å²) in [5.41, 5.74) is 2.86. The second kappa shape index (κ2) is 10.3. The Kier molecular flexibility index (Phi) is 7.50. The molecule has 0 fully saturated rings. The van der Waals surface area contributed by atoms with Gasteiger partial charge in [0.05, 0.1) is 0 Å². The van der Waals surface area contributed by atoms with E-state index < -0.39 is 26.6 Å². The van der Waals surface area contributed by atoms with Gasteiger partial charge in [-0.3, -0.25) is 9.78 Å². The van der Waals surface area contributed by atoms with Crippen molar-refractivity contribution < 1.29 is 17.6 Å². The van der Waals surface area contributed by atoms with Crippen LogP contribution in [-0.4, -0.2) is 30.8 Å². The Morgan fingerprint density at radius 2 is 1.94 bits per heavy atom. The van der Waals surface area contributed by atoms with E-state index in [4.69, 9.17) is 0 Å². The van der Waals surface area contributed by atoms with Crippen LogP contribution >= 0.6 is 0 Å². The molecule has 0 saturated heterocycles. The van der Waals surface area contributed by atoms with Crippen LogP contribution in [0.4, 0.5) is 4.39 Å². The van der Waals surface area contributed by atoms with Gasteiger partial charge in [0, 0.05) is 37.6 Å². The zero-order chi connectivity index (χ0) is 23.1. The molecule has 3 aromatic rings. The van der Waals surface area contributed by atoms with Gasteiger partial charge in [-0.25, -0.2) is 17.5 Å². The van der Waals surface area contributed by atoms with Gasteiger partial charge in [0.25, 0.3) is 5.91 Å². The number of benzene rings is 2. The number of rotatable bonds is 9. The molecule has 0 bridgehead atoms. The highest BCUT2D eigenvalue weighted by Gasteiger charge is 2.23. The fourth-order valence-electron chi connectivity index (χ4n) is 3.18. The van der Waals surface area contributed by atoms with E-state index >= 15 is 0 Å². The van der Waals surface area contributed by atoms with Crippen LogP contribution in [0.15, 0.2) is 84.5 Å². The number of aryl methyl sites for hydroxylation is 1. The second-order valence-corrected chi connectivity index (χ2v) is 8.97. The van der Waals surface area contributed by atoms with Crippen LogP contribution in [0.1, 0.15) is 27.0 Å². The fourth-order valence-corrected chi connectivity index (χ4v) is 4.28. The number of halogens is 1. The highest BCUT2D eigenvalue weighted by molar-refractivity contribution is 7.89. The highest BCUT2D eigenvalue weighted by atomic mass is 32.2. The van der Waals surface area contributed by atoms with Crippen LogP contribution in [0.5, 0.6) is 0 Å². The largest absolute Gasteiger partial charge is 0.330 e. The van der Waals surface area contributed by atoms with E-state index in [2.05, 4.69) is 16.3 Å². The SMILES string of the molecule is C=CCNS(=O)(=O)c1cc(C(=O)N(Cc2cccnc2)Cc2ccccc2C)ccc1F. The molecule has 0 atom stereocenters. The van der Waals surface area contributed by atoms with E-state index in [9.17, 15) is 17.6 Å². The Bertz CT molecular complexity index is 1210. The third-order valence-electron chi connectivity index (χ3n) is 4.89. The standard InChI is InChI=1S/C24H24FN3O3S/c1-3-12-27-32(30,31)23-14-20(10-11-22(23)25)24(29)28(16-19-8-6-13-26-15-19)17-21-9-5-4-7-18(21)2/h3-11,13-15,27H,1,12,16-17H2,2H3. The Labute approximate surface area is 187 Å². The van der Waals surface area contributed by atoms with E-state index in [1.165, 1.54) is 12.1 Å². The molecule has 1 N–H and O–H groups in total. The summed E-state index contributed by atoms with van der Waals surface area (Å²) in [5, 5.41) is 0. The van der Waals surface area contributed by atoms with Gasteiger partial charge in [0.2, 0.25) is 10.0 Å². The lowest BCUT2D eigenvalue weighted by molar-refractivity contribution is 0.0729. The Morgan fingerprint density at radius 1 is 1.16 bits per heavy atom. The van der Waals surface area contributed by atoms with Gasteiger partial charge in [-0.1, -0.05) is 36.4 Å². The molecule has 166 valence electrons. The molecular weight excluding hydrogens is 429 g/mol. The Hall–Kier alpha value is -3.36. The first kappa shape index (κ1) is 23.3. The summed E-state index contributed by atoms with van der Waals surface area (Å²) in [5.74, 6) is -1.35. The molecule has 0 aliphatic rings. The van der Waals surface area contributed by atoms with E-state index in [0.717, 1.165) is 28.8 Å². The van der Waals surface area contributed by atoms with Gasteiger partial charge in [0.15, 0.2) is 0 Å². The van der Waals surface area contributed by atoms with Crippen molar-refractivity contribution in [1.29, 1.82) is 0 Å². The lowest BCUT2D eigenvalue weighted by Gasteiger charge is -2.24. The predicted molar refractivity (Wildman–Crippen MR) is 121 cm³/mol. The molecular formula is C24H24FN3O3S. The molecule has 1 heterocycles.